The maximum Gasteiger partial charge on any atom is 0.325 e. The van der Waals surface area contributed by atoms with Crippen molar-refractivity contribution in [1.82, 2.24) is 4.90 Å². The number of hydrogen-bond acceptors (Lipinski definition) is 4. The summed E-state index contributed by atoms with van der Waals surface area (Å²) in [5, 5.41) is 0. The molecule has 0 spiro atoms. The van der Waals surface area contributed by atoms with Gasteiger partial charge < -0.3 is 14.4 Å². The van der Waals surface area contributed by atoms with Crippen LogP contribution in [0.1, 0.15) is 34.6 Å². The van der Waals surface area contributed by atoms with E-state index < -0.39 is 16.9 Å². The number of hydrogen-bond donors (Lipinski definition) is 0. The third-order valence-electron chi connectivity index (χ3n) is 3.32. The summed E-state index contributed by atoms with van der Waals surface area (Å²) in [5.41, 5.74) is -1.51. The van der Waals surface area contributed by atoms with Gasteiger partial charge in [0.1, 0.15) is 12.8 Å². The highest BCUT2D eigenvalue weighted by atomic mass is 16.5. The summed E-state index contributed by atoms with van der Waals surface area (Å²) >= 11 is 0. The maximum atomic E-state index is 11.4. The minimum absolute atomic E-state index is 0.151. The Balaban J connectivity index is 4.93. The smallest absolute Gasteiger partial charge is 0.325 e. The number of ether oxygens (including phenoxy) is 1. The number of rotatable bonds is 7. The van der Waals surface area contributed by atoms with Crippen LogP contribution in [0.5, 0.6) is 0 Å². The van der Waals surface area contributed by atoms with E-state index in [-0.39, 0.29) is 13.2 Å². The van der Waals surface area contributed by atoms with Crippen molar-refractivity contribution in [2.45, 2.75) is 40.2 Å². The quantitative estimate of drug-likeness (QED) is 0.494. The molecule has 0 saturated heterocycles. The van der Waals surface area contributed by atoms with Crippen molar-refractivity contribution in [1.29, 1.82) is 0 Å². The molecule has 0 unspecified atom stereocenters. The molecule has 0 radical (unpaired) electrons. The van der Waals surface area contributed by atoms with Gasteiger partial charge in [0.15, 0.2) is 0 Å². The lowest BCUT2D eigenvalue weighted by atomic mass is 9.74. The Labute approximate surface area is 102 Å². The van der Waals surface area contributed by atoms with Gasteiger partial charge in [-0.15, -0.1) is 0 Å². The molecule has 1 amide bonds. The lowest BCUT2D eigenvalue weighted by Gasteiger charge is -2.44. The third kappa shape index (κ3) is 3.54. The van der Waals surface area contributed by atoms with Gasteiger partial charge >= 0.3 is 5.97 Å². The van der Waals surface area contributed by atoms with Crippen LogP contribution < -0.4 is 0 Å². The number of esters is 1. The van der Waals surface area contributed by atoms with E-state index in [2.05, 4.69) is 0 Å². The van der Waals surface area contributed by atoms with Crippen LogP contribution in [0.2, 0.25) is 0 Å². The van der Waals surface area contributed by atoms with Crippen molar-refractivity contribution in [2.24, 2.45) is 5.41 Å². The van der Waals surface area contributed by atoms with Crippen LogP contribution in [-0.4, -0.2) is 42.3 Å². The first kappa shape index (κ1) is 15.6. The molecule has 0 heterocycles. The normalized spacial score (nSPS) is 11.8. The van der Waals surface area contributed by atoms with E-state index in [1.807, 2.05) is 0 Å². The molecule has 0 aliphatic rings. The highest BCUT2D eigenvalue weighted by Crippen LogP contribution is 2.32. The Bertz CT molecular complexity index is 297. The van der Waals surface area contributed by atoms with Crippen LogP contribution in [0.3, 0.4) is 0 Å². The molecular formula is C12H21NO4. The Morgan fingerprint density at radius 2 is 1.76 bits per heavy atom. The molecule has 0 fully saturated rings. The number of aldehydes is 1. The van der Waals surface area contributed by atoms with Gasteiger partial charge in [-0.3, -0.25) is 9.59 Å². The molecule has 17 heavy (non-hydrogen) atoms. The molecule has 0 aliphatic heterocycles. The van der Waals surface area contributed by atoms with Gasteiger partial charge in [-0.1, -0.05) is 13.8 Å². The Hall–Kier alpha value is -1.39. The maximum absolute atomic E-state index is 11.4. The first-order valence-corrected chi connectivity index (χ1v) is 5.57. The van der Waals surface area contributed by atoms with E-state index in [0.717, 1.165) is 6.29 Å². The van der Waals surface area contributed by atoms with Crippen molar-refractivity contribution in [3.05, 3.63) is 0 Å². The summed E-state index contributed by atoms with van der Waals surface area (Å²) in [5.74, 6) is -0.477. The molecule has 0 N–H and O–H groups in total. The van der Waals surface area contributed by atoms with Crippen LogP contribution >= 0.6 is 0 Å². The molecular weight excluding hydrogens is 222 g/mol. The average Bonchev–Trinajstić information content (AvgIpc) is 2.25. The summed E-state index contributed by atoms with van der Waals surface area (Å²) < 4.78 is 4.79. The SMILES string of the molecule is CCOC(=O)CN(C=O)C(C)(C)C(C)(C)C=O. The molecule has 5 heteroatoms. The Morgan fingerprint density at radius 3 is 2.12 bits per heavy atom. The van der Waals surface area contributed by atoms with Crippen LogP contribution in [0.25, 0.3) is 0 Å². The van der Waals surface area contributed by atoms with Crippen molar-refractivity contribution in [2.75, 3.05) is 13.2 Å². The number of amides is 1. The first-order valence-electron chi connectivity index (χ1n) is 5.57. The zero-order valence-corrected chi connectivity index (χ0v) is 11.1. The second-order valence-electron chi connectivity index (χ2n) is 4.94. The second kappa shape index (κ2) is 5.80. The summed E-state index contributed by atoms with van der Waals surface area (Å²) in [6, 6.07) is 0. The van der Waals surface area contributed by atoms with Crippen molar-refractivity contribution < 1.29 is 19.1 Å². The van der Waals surface area contributed by atoms with E-state index in [9.17, 15) is 14.4 Å². The van der Waals surface area contributed by atoms with Gasteiger partial charge in [0.05, 0.1) is 6.61 Å². The summed E-state index contributed by atoms with van der Waals surface area (Å²) in [7, 11) is 0. The monoisotopic (exact) mass is 243 g/mol. The highest BCUT2D eigenvalue weighted by molar-refractivity contribution is 5.75. The largest absolute Gasteiger partial charge is 0.465 e. The minimum atomic E-state index is -0.761. The molecule has 0 rings (SSSR count). The van der Waals surface area contributed by atoms with Crippen LogP contribution in [0.15, 0.2) is 0 Å². The van der Waals surface area contributed by atoms with E-state index in [4.69, 9.17) is 4.74 Å². The Kier molecular flexibility index (Phi) is 5.32. The lowest BCUT2D eigenvalue weighted by molar-refractivity contribution is -0.152. The molecule has 0 saturated carbocycles. The molecule has 0 aromatic rings. The fourth-order valence-electron chi connectivity index (χ4n) is 1.23. The van der Waals surface area contributed by atoms with Crippen LogP contribution in [0, 0.1) is 5.41 Å². The molecule has 0 aliphatic carbocycles. The number of carbonyl (C=O) groups excluding carboxylic acids is 3. The molecule has 98 valence electrons. The molecule has 0 atom stereocenters. The van der Waals surface area contributed by atoms with Crippen LogP contribution in [0.4, 0.5) is 0 Å². The van der Waals surface area contributed by atoms with E-state index in [0.29, 0.717) is 6.41 Å². The lowest BCUT2D eigenvalue weighted by Crippen LogP contribution is -2.55. The zero-order chi connectivity index (χ0) is 13.7. The van der Waals surface area contributed by atoms with Gasteiger partial charge in [0.2, 0.25) is 6.41 Å². The minimum Gasteiger partial charge on any atom is -0.465 e. The first-order chi connectivity index (χ1) is 7.72. The van der Waals surface area contributed by atoms with Gasteiger partial charge in [-0.05, 0) is 20.8 Å². The fourth-order valence-corrected chi connectivity index (χ4v) is 1.23. The Morgan fingerprint density at radius 1 is 1.24 bits per heavy atom. The van der Waals surface area contributed by atoms with Crippen molar-refractivity contribution in [3.8, 4) is 0 Å². The molecule has 0 aromatic heterocycles. The number of carbonyl (C=O) groups is 3. The number of nitrogens with zero attached hydrogens (tertiary/aromatic N) is 1. The predicted octanol–water partition coefficient (Wildman–Crippen LogP) is 1.01. The summed E-state index contributed by atoms with van der Waals surface area (Å²) in [6.07, 6.45) is 1.36. The van der Waals surface area contributed by atoms with Crippen LogP contribution in [-0.2, 0) is 19.1 Å². The standard InChI is InChI=1S/C12H21NO4/c1-6-17-10(16)7-13(9-15)12(4,5)11(2,3)8-14/h8-9H,6-7H2,1-5H3. The molecule has 0 bridgehead atoms. The van der Waals surface area contributed by atoms with Gasteiger partial charge in [-0.25, -0.2) is 0 Å². The van der Waals surface area contributed by atoms with Gasteiger partial charge in [0, 0.05) is 11.0 Å². The van der Waals surface area contributed by atoms with Crippen molar-refractivity contribution in [3.63, 3.8) is 0 Å². The average molecular weight is 243 g/mol. The highest BCUT2D eigenvalue weighted by Gasteiger charge is 2.42. The molecule has 0 aromatic carbocycles. The molecule has 5 nitrogen and oxygen atoms in total. The summed E-state index contributed by atoms with van der Waals surface area (Å²) in [4.78, 5) is 34.8. The predicted molar refractivity (Wildman–Crippen MR) is 63.3 cm³/mol. The summed E-state index contributed by atoms with van der Waals surface area (Å²) in [6.45, 7) is 8.75. The van der Waals surface area contributed by atoms with E-state index >= 15 is 0 Å². The van der Waals surface area contributed by atoms with Crippen molar-refractivity contribution >= 4 is 18.7 Å². The topological polar surface area (TPSA) is 63.7 Å². The third-order valence-corrected chi connectivity index (χ3v) is 3.32. The van der Waals surface area contributed by atoms with Gasteiger partial charge in [-0.2, -0.15) is 0 Å². The fraction of sp³-hybridized carbons (Fsp3) is 0.750. The van der Waals surface area contributed by atoms with Gasteiger partial charge in [0.25, 0.3) is 0 Å². The van der Waals surface area contributed by atoms with E-state index in [1.54, 1.807) is 34.6 Å². The van der Waals surface area contributed by atoms with E-state index in [1.165, 1.54) is 4.90 Å². The zero-order valence-electron chi connectivity index (χ0n) is 11.1. The second-order valence-corrected chi connectivity index (χ2v) is 4.94.